The van der Waals surface area contributed by atoms with Crippen molar-refractivity contribution in [2.75, 3.05) is 0 Å². The fourth-order valence-electron chi connectivity index (χ4n) is 8.11. The molecular weight excluding hydrogens is 836 g/mol. The molecule has 3 unspecified atom stereocenters. The Hall–Kier alpha value is -4.21. The van der Waals surface area contributed by atoms with Crippen molar-refractivity contribution < 1.29 is 0 Å². The van der Waals surface area contributed by atoms with E-state index in [0.717, 1.165) is 44.4 Å². The van der Waals surface area contributed by atoms with E-state index in [9.17, 15) is 0 Å². The number of aryl methyl sites for hydroxylation is 2. The molecule has 6 rings (SSSR count). The normalized spacial score (nSPS) is 18.5. The Kier molecular flexibility index (Phi) is 20.6. The van der Waals surface area contributed by atoms with Crippen LogP contribution in [0.3, 0.4) is 0 Å². The molecule has 0 bridgehead atoms. The molecule has 3 aromatic rings. The summed E-state index contributed by atoms with van der Waals surface area (Å²) < 4.78 is 0. The van der Waals surface area contributed by atoms with E-state index in [-0.39, 0.29) is 24.0 Å². The van der Waals surface area contributed by atoms with Gasteiger partial charge in [0, 0.05) is 0 Å². The molecule has 3 aliphatic carbocycles. The molecule has 0 nitrogen and oxygen atoms in total. The van der Waals surface area contributed by atoms with Gasteiger partial charge in [-0.05, 0) is 161 Å². The van der Waals surface area contributed by atoms with Gasteiger partial charge in [0.2, 0.25) is 0 Å². The van der Waals surface area contributed by atoms with Crippen LogP contribution in [0.5, 0.6) is 0 Å². The minimum absolute atomic E-state index is 0. The van der Waals surface area contributed by atoms with E-state index >= 15 is 0 Å². The van der Waals surface area contributed by atoms with Gasteiger partial charge >= 0.3 is 0 Å². The van der Waals surface area contributed by atoms with Crippen LogP contribution in [-0.4, -0.2) is 0 Å². The van der Waals surface area contributed by atoms with Crippen molar-refractivity contribution in [2.45, 2.75) is 119 Å². The molecule has 0 spiro atoms. The molecule has 0 radical (unpaired) electrons. The first-order valence-electron chi connectivity index (χ1n) is 22.5. The Morgan fingerprint density at radius 1 is 0.750 bits per heavy atom. The molecule has 1 heteroatoms. The van der Waals surface area contributed by atoms with E-state index in [0.29, 0.717) is 17.8 Å². The van der Waals surface area contributed by atoms with Gasteiger partial charge in [0.05, 0.1) is 0 Å². The van der Waals surface area contributed by atoms with E-state index in [2.05, 4.69) is 213 Å². The van der Waals surface area contributed by atoms with Crippen LogP contribution in [0.15, 0.2) is 180 Å². The van der Waals surface area contributed by atoms with E-state index in [4.69, 9.17) is 0 Å². The summed E-state index contributed by atoms with van der Waals surface area (Å²) >= 11 is 0. The maximum absolute atomic E-state index is 2.44. The molecule has 60 heavy (non-hydrogen) atoms. The summed E-state index contributed by atoms with van der Waals surface area (Å²) in [6, 6.07) is 26.6. The minimum Gasteiger partial charge on any atom is -0.107 e. The standard InChI is InChI=1S/C39H48.C20H24.HI/c1-7-10-38(39-27-18-32(4)19-28-39)26-17-30(2)13-14-33(5)29-36-22-20-35(21-23-36)12-9-8-11-34(6)37-24-15-31(3)16-25-37;1-15(2)7-3-4-8-16-11-12-18-14-17-9-5-6-10-19(17)20(18)13-16;/h7-10,13-16,18-22,24-28,34,36H,11-12,17,23,29H2,1-6H3;3-6,9-12,15-16H,7-8,13-14H2,1-2H3;1H/b9-8-,10-7-,30-13+,33-14+,38-26+;4-3-;. The highest BCUT2D eigenvalue weighted by Crippen LogP contribution is 2.41. The lowest BCUT2D eigenvalue weighted by Gasteiger charge is -2.18. The lowest BCUT2D eigenvalue weighted by atomic mass is 9.87. The molecule has 0 amide bonds. The smallest absolute Gasteiger partial charge is 0.00169 e. The summed E-state index contributed by atoms with van der Waals surface area (Å²) in [4.78, 5) is 0. The topological polar surface area (TPSA) is 0 Å². The third-order valence-electron chi connectivity index (χ3n) is 11.9. The molecule has 0 fully saturated rings. The van der Waals surface area contributed by atoms with E-state index < -0.39 is 0 Å². The highest BCUT2D eigenvalue weighted by Gasteiger charge is 2.24. The van der Waals surface area contributed by atoms with Crippen LogP contribution in [0.4, 0.5) is 0 Å². The second-order valence-electron chi connectivity index (χ2n) is 17.8. The Balaban J connectivity index is 0.000000315. The molecule has 3 aliphatic rings. The van der Waals surface area contributed by atoms with Crippen molar-refractivity contribution in [3.8, 4) is 0 Å². The van der Waals surface area contributed by atoms with Crippen LogP contribution < -0.4 is 0 Å². The van der Waals surface area contributed by atoms with Crippen molar-refractivity contribution in [3.05, 3.63) is 214 Å². The SMILES string of the molecule is C/C=C\C(=C/C/C(C)=C/C=C(\C)CC1C=CC(C/C=C\CC(C)c2ccc(C)cc2)=CC1)c1ccc(C)cc1.CC(C)C/C=C\CC1C=CC2=C(C1)c1ccccc1C2.I. The predicted molar refractivity (Wildman–Crippen MR) is 277 cm³/mol. The molecule has 0 aliphatic heterocycles. The van der Waals surface area contributed by atoms with E-state index in [1.165, 1.54) is 74.9 Å². The van der Waals surface area contributed by atoms with Crippen LogP contribution in [0.25, 0.3) is 11.1 Å². The van der Waals surface area contributed by atoms with Gasteiger partial charge < -0.3 is 0 Å². The fraction of sp³-hybridized carbons (Fsp3) is 0.356. The molecule has 0 N–H and O–H groups in total. The largest absolute Gasteiger partial charge is 0.107 e. The number of allylic oxidation sites excluding steroid dienone is 20. The fourth-order valence-corrected chi connectivity index (χ4v) is 8.11. The van der Waals surface area contributed by atoms with Crippen LogP contribution in [0.2, 0.25) is 0 Å². The number of hydrogen-bond acceptors (Lipinski definition) is 0. The van der Waals surface area contributed by atoms with Crippen molar-refractivity contribution in [1.29, 1.82) is 0 Å². The Labute approximate surface area is 383 Å². The Morgan fingerprint density at radius 3 is 2.13 bits per heavy atom. The molecule has 0 heterocycles. The number of fused-ring (bicyclic) bond motifs is 2. The maximum atomic E-state index is 2.44. The zero-order valence-electron chi connectivity index (χ0n) is 38.1. The summed E-state index contributed by atoms with van der Waals surface area (Å²) in [6.07, 6.45) is 42.8. The average Bonchev–Trinajstić information content (AvgIpc) is 3.61. The van der Waals surface area contributed by atoms with Crippen molar-refractivity contribution in [2.24, 2.45) is 17.8 Å². The predicted octanol–water partition coefficient (Wildman–Crippen LogP) is 17.8. The van der Waals surface area contributed by atoms with Crippen LogP contribution >= 0.6 is 24.0 Å². The van der Waals surface area contributed by atoms with Gasteiger partial charge in [0.25, 0.3) is 0 Å². The van der Waals surface area contributed by atoms with Crippen LogP contribution in [-0.2, 0) is 6.42 Å². The summed E-state index contributed by atoms with van der Waals surface area (Å²) in [7, 11) is 0. The number of benzene rings is 3. The lowest BCUT2D eigenvalue weighted by Crippen LogP contribution is -2.02. The summed E-state index contributed by atoms with van der Waals surface area (Å²) in [6.45, 7) is 17.7. The van der Waals surface area contributed by atoms with Crippen LogP contribution in [0, 0.1) is 31.6 Å². The second kappa shape index (κ2) is 25.5. The molecule has 0 saturated carbocycles. The van der Waals surface area contributed by atoms with E-state index in [1.807, 2.05) is 0 Å². The summed E-state index contributed by atoms with van der Waals surface area (Å²) in [5, 5.41) is 0. The minimum atomic E-state index is 0. The maximum Gasteiger partial charge on any atom is -0.00169 e. The summed E-state index contributed by atoms with van der Waals surface area (Å²) in [5.41, 5.74) is 17.1. The van der Waals surface area contributed by atoms with Gasteiger partial charge in [-0.1, -0.05) is 201 Å². The lowest BCUT2D eigenvalue weighted by molar-refractivity contribution is 0.643. The zero-order chi connectivity index (χ0) is 42.0. The molecular formula is C59H73I. The van der Waals surface area contributed by atoms with Gasteiger partial charge in [0.15, 0.2) is 0 Å². The molecule has 0 aromatic heterocycles. The molecule has 316 valence electrons. The van der Waals surface area contributed by atoms with Gasteiger partial charge in [-0.2, -0.15) is 0 Å². The highest BCUT2D eigenvalue weighted by molar-refractivity contribution is 14.0. The third kappa shape index (κ3) is 16.0. The first kappa shape index (κ1) is 48.5. The van der Waals surface area contributed by atoms with Crippen molar-refractivity contribution in [3.63, 3.8) is 0 Å². The quantitative estimate of drug-likeness (QED) is 0.0763. The molecule has 0 saturated heterocycles. The first-order valence-corrected chi connectivity index (χ1v) is 22.5. The second-order valence-corrected chi connectivity index (χ2v) is 17.8. The summed E-state index contributed by atoms with van der Waals surface area (Å²) in [5.74, 6) is 2.62. The molecule has 3 atom stereocenters. The average molecular weight is 909 g/mol. The van der Waals surface area contributed by atoms with Gasteiger partial charge in [-0.15, -0.1) is 24.0 Å². The zero-order valence-corrected chi connectivity index (χ0v) is 40.4. The van der Waals surface area contributed by atoms with Gasteiger partial charge in [0.1, 0.15) is 0 Å². The monoisotopic (exact) mass is 908 g/mol. The van der Waals surface area contributed by atoms with E-state index in [1.54, 1.807) is 11.1 Å². The van der Waals surface area contributed by atoms with Crippen molar-refractivity contribution >= 4 is 35.1 Å². The number of rotatable bonds is 16. The highest BCUT2D eigenvalue weighted by atomic mass is 127. The first-order chi connectivity index (χ1) is 28.6. The third-order valence-corrected chi connectivity index (χ3v) is 11.9. The van der Waals surface area contributed by atoms with Crippen molar-refractivity contribution in [1.82, 2.24) is 0 Å². The van der Waals surface area contributed by atoms with Gasteiger partial charge in [-0.25, -0.2) is 0 Å². The Morgan fingerprint density at radius 2 is 1.43 bits per heavy atom. The number of halogens is 1. The van der Waals surface area contributed by atoms with Gasteiger partial charge in [-0.3, -0.25) is 0 Å². The van der Waals surface area contributed by atoms with Crippen LogP contribution in [0.1, 0.15) is 132 Å². The molecule has 3 aromatic carbocycles. The Bertz CT molecular complexity index is 2110. The number of hydrogen-bond donors (Lipinski definition) is 0.